The van der Waals surface area contributed by atoms with Gasteiger partial charge < -0.3 is 10.1 Å². The molecule has 1 aromatic heterocycles. The third kappa shape index (κ3) is 4.69. The zero-order valence-electron chi connectivity index (χ0n) is 12.8. The van der Waals surface area contributed by atoms with Crippen LogP contribution in [-0.2, 0) is 17.6 Å². The molecule has 1 heterocycles. The van der Waals surface area contributed by atoms with Crippen LogP contribution >= 0.6 is 22.9 Å². The molecular weight excluding hydrogens is 332 g/mol. The number of halogens is 1. The van der Waals surface area contributed by atoms with E-state index in [-0.39, 0.29) is 5.91 Å². The maximum absolute atomic E-state index is 12.0. The number of thiazole rings is 1. The summed E-state index contributed by atoms with van der Waals surface area (Å²) in [5.74, 6) is 0.762. The minimum absolute atomic E-state index is 0.00389. The summed E-state index contributed by atoms with van der Waals surface area (Å²) in [5, 5.41) is 4.32. The van der Waals surface area contributed by atoms with Gasteiger partial charge in [0.25, 0.3) is 0 Å². The van der Waals surface area contributed by atoms with Gasteiger partial charge in [-0.2, -0.15) is 0 Å². The molecule has 1 aromatic carbocycles. The summed E-state index contributed by atoms with van der Waals surface area (Å²) in [7, 11) is 0. The van der Waals surface area contributed by atoms with Crippen LogP contribution in [0.1, 0.15) is 36.3 Å². The van der Waals surface area contributed by atoms with Crippen LogP contribution in [0.5, 0.6) is 5.75 Å². The van der Waals surface area contributed by atoms with Gasteiger partial charge >= 0.3 is 0 Å². The Morgan fingerprint density at radius 1 is 1.26 bits per heavy atom. The van der Waals surface area contributed by atoms with Crippen LogP contribution in [0.4, 0.5) is 5.13 Å². The van der Waals surface area contributed by atoms with Gasteiger partial charge in [-0.1, -0.05) is 11.6 Å². The Morgan fingerprint density at radius 3 is 2.83 bits per heavy atom. The number of hydrogen-bond donors (Lipinski definition) is 1. The molecule has 0 saturated heterocycles. The molecular formula is C17H19ClN2O2S. The van der Waals surface area contributed by atoms with Crippen LogP contribution in [0.3, 0.4) is 0 Å². The van der Waals surface area contributed by atoms with Crippen molar-refractivity contribution in [2.75, 3.05) is 11.9 Å². The molecule has 0 atom stereocenters. The highest BCUT2D eigenvalue weighted by molar-refractivity contribution is 7.15. The molecule has 3 rings (SSSR count). The molecule has 23 heavy (non-hydrogen) atoms. The topological polar surface area (TPSA) is 51.2 Å². The van der Waals surface area contributed by atoms with E-state index in [0.717, 1.165) is 23.7 Å². The first-order valence-electron chi connectivity index (χ1n) is 7.87. The monoisotopic (exact) mass is 350 g/mol. The summed E-state index contributed by atoms with van der Waals surface area (Å²) in [4.78, 5) is 17.8. The number of nitrogens with one attached hydrogen (secondary N) is 1. The van der Waals surface area contributed by atoms with Gasteiger partial charge in [0, 0.05) is 16.3 Å². The summed E-state index contributed by atoms with van der Waals surface area (Å²) in [6.45, 7) is 0.503. The number of aromatic nitrogens is 1. The van der Waals surface area contributed by atoms with Crippen LogP contribution in [0.25, 0.3) is 0 Å². The maximum Gasteiger partial charge on any atom is 0.226 e. The SMILES string of the molecule is O=C(CCCOc1ccc(Cl)cc1)Nc1nc2c(s1)CCCC2. The van der Waals surface area contributed by atoms with Crippen LogP contribution < -0.4 is 10.1 Å². The fourth-order valence-corrected chi connectivity index (χ4v) is 3.73. The zero-order chi connectivity index (χ0) is 16.1. The summed E-state index contributed by atoms with van der Waals surface area (Å²) < 4.78 is 5.58. The smallest absolute Gasteiger partial charge is 0.226 e. The third-order valence-corrected chi connectivity index (χ3v) is 5.05. The molecule has 0 saturated carbocycles. The molecule has 2 aromatic rings. The lowest BCUT2D eigenvalue weighted by atomic mass is 10.0. The van der Waals surface area contributed by atoms with Gasteiger partial charge in [0.1, 0.15) is 5.75 Å². The highest BCUT2D eigenvalue weighted by atomic mass is 35.5. The molecule has 6 heteroatoms. The van der Waals surface area contributed by atoms with Crippen molar-refractivity contribution in [3.63, 3.8) is 0 Å². The fraction of sp³-hybridized carbons (Fsp3) is 0.412. The summed E-state index contributed by atoms with van der Waals surface area (Å²) in [6.07, 6.45) is 5.66. The van der Waals surface area contributed by atoms with E-state index in [0.29, 0.717) is 24.5 Å². The van der Waals surface area contributed by atoms with Gasteiger partial charge in [-0.15, -0.1) is 11.3 Å². The highest BCUT2D eigenvalue weighted by Crippen LogP contribution is 2.29. The van der Waals surface area contributed by atoms with Crippen molar-refractivity contribution in [3.8, 4) is 5.75 Å². The molecule has 0 spiro atoms. The molecule has 0 radical (unpaired) electrons. The molecule has 0 aliphatic heterocycles. The first kappa shape index (κ1) is 16.3. The van der Waals surface area contributed by atoms with Crippen LogP contribution in [-0.4, -0.2) is 17.5 Å². The number of anilines is 1. The summed E-state index contributed by atoms with van der Waals surface area (Å²) in [6, 6.07) is 7.21. The second-order valence-corrected chi connectivity index (χ2v) is 7.07. The lowest BCUT2D eigenvalue weighted by Crippen LogP contribution is -2.12. The number of hydrogen-bond acceptors (Lipinski definition) is 4. The number of aryl methyl sites for hydroxylation is 2. The number of rotatable bonds is 6. The Balaban J connectivity index is 1.39. The van der Waals surface area contributed by atoms with Gasteiger partial charge in [-0.25, -0.2) is 4.98 Å². The van der Waals surface area contributed by atoms with Crippen molar-refractivity contribution in [2.24, 2.45) is 0 Å². The molecule has 1 N–H and O–H groups in total. The van der Waals surface area contributed by atoms with E-state index in [1.807, 2.05) is 12.1 Å². The number of carbonyl (C=O) groups is 1. The lowest BCUT2D eigenvalue weighted by Gasteiger charge is -2.06. The summed E-state index contributed by atoms with van der Waals surface area (Å²) in [5.41, 5.74) is 1.17. The molecule has 1 aliphatic rings. The molecule has 1 aliphatic carbocycles. The van der Waals surface area contributed by atoms with Crippen LogP contribution in [0.15, 0.2) is 24.3 Å². The Labute approximate surface area is 144 Å². The molecule has 122 valence electrons. The number of benzene rings is 1. The van der Waals surface area contributed by atoms with Crippen LogP contribution in [0, 0.1) is 0 Å². The predicted molar refractivity (Wildman–Crippen MR) is 93.6 cm³/mol. The average Bonchev–Trinajstić information content (AvgIpc) is 2.95. The van der Waals surface area contributed by atoms with Gasteiger partial charge in [-0.05, 0) is 56.4 Å². The highest BCUT2D eigenvalue weighted by Gasteiger charge is 2.16. The van der Waals surface area contributed by atoms with Crippen molar-refractivity contribution in [2.45, 2.75) is 38.5 Å². The van der Waals surface area contributed by atoms with E-state index in [4.69, 9.17) is 16.3 Å². The maximum atomic E-state index is 12.0. The minimum atomic E-state index is -0.00389. The lowest BCUT2D eigenvalue weighted by molar-refractivity contribution is -0.116. The van der Waals surface area contributed by atoms with E-state index in [2.05, 4.69) is 10.3 Å². The van der Waals surface area contributed by atoms with Crippen molar-refractivity contribution in [1.29, 1.82) is 0 Å². The van der Waals surface area contributed by atoms with Gasteiger partial charge in [0.05, 0.1) is 12.3 Å². The van der Waals surface area contributed by atoms with Crippen molar-refractivity contribution >= 4 is 34.0 Å². The second kappa shape index (κ2) is 7.79. The number of fused-ring (bicyclic) bond motifs is 1. The second-order valence-electron chi connectivity index (χ2n) is 5.55. The number of amides is 1. The Bertz CT molecular complexity index is 646. The standard InChI is InChI=1S/C17H19ClN2O2S/c18-12-7-9-13(10-8-12)22-11-3-6-16(21)20-17-19-14-4-1-2-5-15(14)23-17/h7-10H,1-6,11H2,(H,19,20,21). The molecule has 0 bridgehead atoms. The Hall–Kier alpha value is -1.59. The molecule has 0 unspecified atom stereocenters. The van der Waals surface area contributed by atoms with E-state index in [9.17, 15) is 4.79 Å². The first-order chi connectivity index (χ1) is 11.2. The van der Waals surface area contributed by atoms with Crippen molar-refractivity contribution < 1.29 is 9.53 Å². The minimum Gasteiger partial charge on any atom is -0.494 e. The third-order valence-electron chi connectivity index (χ3n) is 3.72. The van der Waals surface area contributed by atoms with E-state index in [1.165, 1.54) is 23.4 Å². The van der Waals surface area contributed by atoms with E-state index >= 15 is 0 Å². The molecule has 0 fully saturated rings. The Morgan fingerprint density at radius 2 is 2.04 bits per heavy atom. The van der Waals surface area contributed by atoms with E-state index < -0.39 is 0 Å². The first-order valence-corrected chi connectivity index (χ1v) is 9.07. The largest absolute Gasteiger partial charge is 0.494 e. The fourth-order valence-electron chi connectivity index (χ4n) is 2.54. The van der Waals surface area contributed by atoms with Crippen molar-refractivity contribution in [1.82, 2.24) is 4.98 Å². The summed E-state index contributed by atoms with van der Waals surface area (Å²) >= 11 is 7.43. The predicted octanol–water partition coefficient (Wildman–Crippen LogP) is 4.47. The number of carbonyl (C=O) groups excluding carboxylic acids is 1. The van der Waals surface area contributed by atoms with E-state index in [1.54, 1.807) is 23.5 Å². The Kier molecular flexibility index (Phi) is 5.51. The van der Waals surface area contributed by atoms with Gasteiger partial charge in [-0.3, -0.25) is 4.79 Å². The number of nitrogens with zero attached hydrogens (tertiary/aromatic N) is 1. The van der Waals surface area contributed by atoms with Gasteiger partial charge in [0.2, 0.25) is 5.91 Å². The molecule has 4 nitrogen and oxygen atoms in total. The average molecular weight is 351 g/mol. The van der Waals surface area contributed by atoms with Gasteiger partial charge in [0.15, 0.2) is 5.13 Å². The molecule has 1 amide bonds. The van der Waals surface area contributed by atoms with Crippen molar-refractivity contribution in [3.05, 3.63) is 39.9 Å². The normalized spacial score (nSPS) is 13.4. The number of ether oxygens (including phenoxy) is 1. The van der Waals surface area contributed by atoms with Crippen LogP contribution in [0.2, 0.25) is 5.02 Å². The quantitative estimate of drug-likeness (QED) is 0.782. The zero-order valence-corrected chi connectivity index (χ0v) is 14.4.